The fraction of sp³-hybridized carbons (Fsp3) is 0.375. The number of halogens is 3. The molecule has 1 saturated heterocycles. The van der Waals surface area contributed by atoms with E-state index in [1.54, 1.807) is 6.07 Å². The second kappa shape index (κ2) is 6.67. The number of alkyl halides is 3. The van der Waals surface area contributed by atoms with Gasteiger partial charge in [0.2, 0.25) is 22.0 Å². The molecule has 0 spiro atoms. The molecule has 1 atom stereocenters. The standard InChI is InChI=1S/C16H15F3N4O2S/c1-8-3-4-11(5-9(8)2)23-7-10(6-12(23)24)13(25)20-15-22-21-14(26-15)16(17,18)19/h3-5,10H,6-7H2,1-2H3,(H,20,22,25)/t10-/m0/s1. The lowest BCUT2D eigenvalue weighted by atomic mass is 10.1. The highest BCUT2D eigenvalue weighted by Gasteiger charge is 2.38. The van der Waals surface area contributed by atoms with Gasteiger partial charge in [-0.25, -0.2) is 0 Å². The minimum absolute atomic E-state index is 0.0102. The smallest absolute Gasteiger partial charge is 0.312 e. The molecule has 0 saturated carbocycles. The molecule has 138 valence electrons. The predicted molar refractivity (Wildman–Crippen MR) is 89.9 cm³/mol. The van der Waals surface area contributed by atoms with Crippen LogP contribution in [0.5, 0.6) is 0 Å². The van der Waals surface area contributed by atoms with Crippen molar-refractivity contribution in [3.8, 4) is 0 Å². The maximum Gasteiger partial charge on any atom is 0.445 e. The van der Waals surface area contributed by atoms with Gasteiger partial charge in [-0.15, -0.1) is 10.2 Å². The van der Waals surface area contributed by atoms with E-state index in [1.165, 1.54) is 4.90 Å². The minimum Gasteiger partial charge on any atom is -0.312 e. The van der Waals surface area contributed by atoms with Gasteiger partial charge in [-0.3, -0.25) is 9.59 Å². The number of hydrogen-bond donors (Lipinski definition) is 1. The first kappa shape index (κ1) is 18.3. The largest absolute Gasteiger partial charge is 0.445 e. The molecule has 26 heavy (non-hydrogen) atoms. The average molecular weight is 384 g/mol. The van der Waals surface area contributed by atoms with Crippen molar-refractivity contribution >= 4 is 34.0 Å². The van der Waals surface area contributed by atoms with Gasteiger partial charge >= 0.3 is 6.18 Å². The molecule has 2 amide bonds. The molecule has 1 aliphatic heterocycles. The SMILES string of the molecule is Cc1ccc(N2C[C@@H](C(=O)Nc3nnc(C(F)(F)F)s3)CC2=O)cc1C. The number of benzene rings is 1. The van der Waals surface area contributed by atoms with Crippen LogP contribution >= 0.6 is 11.3 Å². The minimum atomic E-state index is -4.61. The maximum absolute atomic E-state index is 12.5. The normalized spacial score (nSPS) is 17.7. The van der Waals surface area contributed by atoms with Crippen molar-refractivity contribution in [2.75, 3.05) is 16.8 Å². The summed E-state index contributed by atoms with van der Waals surface area (Å²) in [5, 5.41) is 7.29. The molecule has 1 N–H and O–H groups in total. The first-order valence-electron chi connectivity index (χ1n) is 7.74. The van der Waals surface area contributed by atoms with Gasteiger partial charge in [0.15, 0.2) is 0 Å². The summed E-state index contributed by atoms with van der Waals surface area (Å²) in [5.41, 5.74) is 2.81. The summed E-state index contributed by atoms with van der Waals surface area (Å²) in [4.78, 5) is 26.0. The summed E-state index contributed by atoms with van der Waals surface area (Å²) < 4.78 is 37.6. The first-order chi connectivity index (χ1) is 12.1. The van der Waals surface area contributed by atoms with Gasteiger partial charge in [-0.1, -0.05) is 17.4 Å². The van der Waals surface area contributed by atoms with Gasteiger partial charge in [-0.05, 0) is 37.1 Å². The van der Waals surface area contributed by atoms with Crippen molar-refractivity contribution in [2.45, 2.75) is 26.4 Å². The highest BCUT2D eigenvalue weighted by atomic mass is 32.1. The zero-order valence-electron chi connectivity index (χ0n) is 13.9. The maximum atomic E-state index is 12.5. The lowest BCUT2D eigenvalue weighted by Crippen LogP contribution is -2.28. The van der Waals surface area contributed by atoms with Gasteiger partial charge in [0.1, 0.15) is 0 Å². The number of carbonyl (C=O) groups excluding carboxylic acids is 2. The molecule has 6 nitrogen and oxygen atoms in total. The molecule has 1 aromatic heterocycles. The van der Waals surface area contributed by atoms with Gasteiger partial charge in [0, 0.05) is 18.7 Å². The Morgan fingerprint density at radius 2 is 2.00 bits per heavy atom. The molecular formula is C16H15F3N4O2S. The monoisotopic (exact) mass is 384 g/mol. The summed E-state index contributed by atoms with van der Waals surface area (Å²) in [6.07, 6.45) is -4.62. The summed E-state index contributed by atoms with van der Waals surface area (Å²) in [7, 11) is 0. The van der Waals surface area contributed by atoms with Crippen LogP contribution in [0.15, 0.2) is 18.2 Å². The summed E-state index contributed by atoms with van der Waals surface area (Å²) in [5.74, 6) is -1.42. The number of carbonyl (C=O) groups is 2. The number of anilines is 2. The van der Waals surface area contributed by atoms with Crippen LogP contribution in [0.2, 0.25) is 0 Å². The van der Waals surface area contributed by atoms with E-state index in [1.807, 2.05) is 26.0 Å². The lowest BCUT2D eigenvalue weighted by Gasteiger charge is -2.17. The van der Waals surface area contributed by atoms with Crippen molar-refractivity contribution in [2.24, 2.45) is 5.92 Å². The Bertz CT molecular complexity index is 865. The van der Waals surface area contributed by atoms with Crippen LogP contribution in [0.4, 0.5) is 24.0 Å². The Balaban J connectivity index is 1.69. The highest BCUT2D eigenvalue weighted by molar-refractivity contribution is 7.15. The molecule has 10 heteroatoms. The molecule has 0 bridgehead atoms. The van der Waals surface area contributed by atoms with Crippen LogP contribution in [-0.2, 0) is 15.8 Å². The molecule has 1 fully saturated rings. The van der Waals surface area contributed by atoms with E-state index in [0.717, 1.165) is 11.1 Å². The van der Waals surface area contributed by atoms with E-state index < -0.39 is 23.0 Å². The predicted octanol–water partition coefficient (Wildman–Crippen LogP) is 3.17. The van der Waals surface area contributed by atoms with Crippen LogP contribution in [0.3, 0.4) is 0 Å². The van der Waals surface area contributed by atoms with Crippen LogP contribution in [0.25, 0.3) is 0 Å². The van der Waals surface area contributed by atoms with E-state index in [9.17, 15) is 22.8 Å². The van der Waals surface area contributed by atoms with Gasteiger partial charge < -0.3 is 10.2 Å². The quantitative estimate of drug-likeness (QED) is 0.882. The van der Waals surface area contributed by atoms with Crippen molar-refractivity contribution in [1.82, 2.24) is 10.2 Å². The number of nitrogens with zero attached hydrogens (tertiary/aromatic N) is 3. The van der Waals surface area contributed by atoms with Crippen LogP contribution in [0.1, 0.15) is 22.6 Å². The first-order valence-corrected chi connectivity index (χ1v) is 8.56. The molecule has 0 radical (unpaired) electrons. The lowest BCUT2D eigenvalue weighted by molar-refractivity contribution is -0.138. The van der Waals surface area contributed by atoms with Crippen molar-refractivity contribution in [3.63, 3.8) is 0 Å². The fourth-order valence-electron chi connectivity index (χ4n) is 2.62. The van der Waals surface area contributed by atoms with E-state index in [0.29, 0.717) is 5.69 Å². The van der Waals surface area contributed by atoms with E-state index in [-0.39, 0.29) is 35.3 Å². The Hall–Kier alpha value is -2.49. The number of aromatic nitrogens is 2. The zero-order valence-corrected chi connectivity index (χ0v) is 14.7. The number of hydrogen-bond acceptors (Lipinski definition) is 5. The fourth-order valence-corrected chi connectivity index (χ4v) is 3.24. The van der Waals surface area contributed by atoms with E-state index in [4.69, 9.17) is 0 Å². The van der Waals surface area contributed by atoms with E-state index >= 15 is 0 Å². The highest BCUT2D eigenvalue weighted by Crippen LogP contribution is 2.33. The molecular weight excluding hydrogens is 369 g/mol. The van der Waals surface area contributed by atoms with Crippen molar-refractivity contribution < 1.29 is 22.8 Å². The van der Waals surface area contributed by atoms with Gasteiger partial charge in [0.25, 0.3) is 0 Å². The number of rotatable bonds is 3. The average Bonchev–Trinajstić information content (AvgIpc) is 3.16. The third-order valence-electron chi connectivity index (χ3n) is 4.20. The van der Waals surface area contributed by atoms with Crippen molar-refractivity contribution in [1.29, 1.82) is 0 Å². The number of amides is 2. The topological polar surface area (TPSA) is 75.2 Å². The number of nitrogens with one attached hydrogen (secondary N) is 1. The summed E-state index contributed by atoms with van der Waals surface area (Å²) in [6, 6.07) is 5.57. The Kier molecular flexibility index (Phi) is 4.70. The second-order valence-electron chi connectivity index (χ2n) is 6.07. The molecule has 0 unspecified atom stereocenters. The van der Waals surface area contributed by atoms with Crippen molar-refractivity contribution in [3.05, 3.63) is 34.3 Å². The van der Waals surface area contributed by atoms with E-state index in [2.05, 4.69) is 15.5 Å². The van der Waals surface area contributed by atoms with Gasteiger partial charge in [0.05, 0.1) is 5.92 Å². The Morgan fingerprint density at radius 1 is 1.27 bits per heavy atom. The van der Waals surface area contributed by atoms with Gasteiger partial charge in [-0.2, -0.15) is 13.2 Å². The molecule has 1 aromatic carbocycles. The van der Waals surface area contributed by atoms with Crippen LogP contribution in [-0.4, -0.2) is 28.6 Å². The number of aryl methyl sites for hydroxylation is 2. The van der Waals surface area contributed by atoms with Crippen LogP contribution in [0, 0.1) is 19.8 Å². The Labute approximate surface area is 151 Å². The third kappa shape index (κ3) is 3.69. The molecule has 2 heterocycles. The molecule has 0 aliphatic carbocycles. The second-order valence-corrected chi connectivity index (χ2v) is 7.05. The molecule has 2 aromatic rings. The summed E-state index contributed by atoms with van der Waals surface area (Å²) >= 11 is 0.251. The van der Waals surface area contributed by atoms with Crippen LogP contribution < -0.4 is 10.2 Å². The molecule has 1 aliphatic rings. The Morgan fingerprint density at radius 3 is 2.62 bits per heavy atom. The molecule has 3 rings (SSSR count). The summed E-state index contributed by atoms with van der Waals surface area (Å²) in [6.45, 7) is 4.05. The third-order valence-corrected chi connectivity index (χ3v) is 5.08. The zero-order chi connectivity index (χ0) is 19.1.